The fraction of sp³-hybridized carbons (Fsp3) is 0.750. The van der Waals surface area contributed by atoms with Gasteiger partial charge in [-0.1, -0.05) is 5.92 Å². The Morgan fingerprint density at radius 3 is 2.29 bits per heavy atom. The van der Waals surface area contributed by atoms with Crippen LogP contribution in [0.2, 0.25) is 0 Å². The Morgan fingerprint density at radius 2 is 1.86 bits per heavy atom. The van der Waals surface area contributed by atoms with E-state index in [9.17, 15) is 0 Å². The van der Waals surface area contributed by atoms with Crippen molar-refractivity contribution in [3.8, 4) is 18.4 Å². The largest absolute Gasteiger partial charge is 0.302 e. The number of hydrogen-bond acceptors (Lipinski definition) is 2. The smallest absolute Gasteiger partial charge is 0.0741 e. The minimum absolute atomic E-state index is 0.220. The van der Waals surface area contributed by atoms with E-state index in [1.807, 2.05) is 27.7 Å². The van der Waals surface area contributed by atoms with Gasteiger partial charge in [-0.2, -0.15) is 5.26 Å². The molecule has 0 unspecified atom stereocenters. The number of nitrogens with one attached hydrogen (secondary N) is 1. The third-order valence-corrected chi connectivity index (χ3v) is 2.21. The second kappa shape index (κ2) is 5.03. The molecule has 0 aromatic carbocycles. The summed E-state index contributed by atoms with van der Waals surface area (Å²) in [6.07, 6.45) is 7.21. The molecule has 0 heterocycles. The van der Waals surface area contributed by atoms with Gasteiger partial charge in [0.2, 0.25) is 0 Å². The number of terminal acetylenes is 1. The maximum absolute atomic E-state index is 8.80. The van der Waals surface area contributed by atoms with Gasteiger partial charge in [-0.15, -0.1) is 6.42 Å². The highest BCUT2D eigenvalue weighted by Crippen LogP contribution is 2.20. The summed E-state index contributed by atoms with van der Waals surface area (Å²) < 4.78 is 0. The maximum atomic E-state index is 8.80. The van der Waals surface area contributed by atoms with E-state index in [1.165, 1.54) is 0 Å². The number of hydrogen-bond donors (Lipinski definition) is 1. The molecule has 1 N–H and O–H groups in total. The minimum atomic E-state index is -0.239. The molecule has 0 saturated carbocycles. The molecule has 0 fully saturated rings. The first-order valence-electron chi connectivity index (χ1n) is 4.97. The molecule has 0 saturated heterocycles. The molecule has 0 aliphatic rings. The third kappa shape index (κ3) is 5.62. The lowest BCUT2D eigenvalue weighted by atomic mass is 9.90. The lowest BCUT2D eigenvalue weighted by molar-refractivity contribution is 0.403. The first-order valence-corrected chi connectivity index (χ1v) is 4.97. The molecule has 0 aromatic rings. The van der Waals surface area contributed by atoms with Crippen LogP contribution < -0.4 is 5.32 Å². The fourth-order valence-corrected chi connectivity index (χ4v) is 1.04. The minimum Gasteiger partial charge on any atom is -0.302 e. The van der Waals surface area contributed by atoms with Crippen LogP contribution in [0.3, 0.4) is 0 Å². The Hall–Kier alpha value is -0.990. The molecule has 14 heavy (non-hydrogen) atoms. The Bertz CT molecular complexity index is 222. The van der Waals surface area contributed by atoms with Gasteiger partial charge < -0.3 is 5.32 Å². The van der Waals surface area contributed by atoms with Gasteiger partial charge >= 0.3 is 0 Å². The first kappa shape index (κ1) is 13.0. The Morgan fingerprint density at radius 1 is 1.29 bits per heavy atom. The number of nitrogens with zero attached hydrogens (tertiary/aromatic N) is 1. The molecule has 0 aromatic heterocycles. The summed E-state index contributed by atoms with van der Waals surface area (Å²) in [5.41, 5.74) is -0.460. The van der Waals surface area contributed by atoms with Crippen molar-refractivity contribution in [3.63, 3.8) is 0 Å². The van der Waals surface area contributed by atoms with Crippen LogP contribution in [0.4, 0.5) is 0 Å². The Balaban J connectivity index is 3.70. The van der Waals surface area contributed by atoms with Crippen LogP contribution in [0.5, 0.6) is 0 Å². The van der Waals surface area contributed by atoms with Gasteiger partial charge in [-0.25, -0.2) is 0 Å². The van der Waals surface area contributed by atoms with Gasteiger partial charge in [0.1, 0.15) is 0 Å². The SMILES string of the molecule is C#CC(C)(C)NCCCC(C)(C)C#N. The van der Waals surface area contributed by atoms with Gasteiger partial charge in [0.25, 0.3) is 0 Å². The summed E-state index contributed by atoms with van der Waals surface area (Å²) in [5.74, 6) is 2.68. The van der Waals surface area contributed by atoms with Crippen molar-refractivity contribution < 1.29 is 0 Å². The molecule has 0 rings (SSSR count). The summed E-state index contributed by atoms with van der Waals surface area (Å²) in [6, 6.07) is 2.28. The molecule has 0 radical (unpaired) electrons. The van der Waals surface area contributed by atoms with E-state index < -0.39 is 0 Å². The van der Waals surface area contributed by atoms with Crippen molar-refractivity contribution in [2.75, 3.05) is 6.54 Å². The lowest BCUT2D eigenvalue weighted by Crippen LogP contribution is -2.38. The predicted molar refractivity (Wildman–Crippen MR) is 59.5 cm³/mol. The van der Waals surface area contributed by atoms with Gasteiger partial charge in [-0.3, -0.25) is 0 Å². The van der Waals surface area contributed by atoms with Crippen LogP contribution in [-0.2, 0) is 0 Å². The molecule has 2 heteroatoms. The highest BCUT2D eigenvalue weighted by atomic mass is 14.9. The first-order chi connectivity index (χ1) is 6.33. The highest BCUT2D eigenvalue weighted by Gasteiger charge is 2.17. The average Bonchev–Trinajstić information content (AvgIpc) is 2.13. The summed E-state index contributed by atoms with van der Waals surface area (Å²) >= 11 is 0. The van der Waals surface area contributed by atoms with Crippen molar-refractivity contribution >= 4 is 0 Å². The second-order valence-corrected chi connectivity index (χ2v) is 4.80. The quantitative estimate of drug-likeness (QED) is 0.536. The van der Waals surface area contributed by atoms with E-state index in [0.29, 0.717) is 0 Å². The molecular formula is C12H20N2. The van der Waals surface area contributed by atoms with Crippen LogP contribution in [0, 0.1) is 29.1 Å². The van der Waals surface area contributed by atoms with E-state index in [4.69, 9.17) is 11.7 Å². The van der Waals surface area contributed by atoms with E-state index in [2.05, 4.69) is 17.3 Å². The van der Waals surface area contributed by atoms with Crippen LogP contribution >= 0.6 is 0 Å². The van der Waals surface area contributed by atoms with E-state index >= 15 is 0 Å². The maximum Gasteiger partial charge on any atom is 0.0741 e. The van der Waals surface area contributed by atoms with Crippen LogP contribution in [0.15, 0.2) is 0 Å². The van der Waals surface area contributed by atoms with Crippen LogP contribution in [0.1, 0.15) is 40.5 Å². The second-order valence-electron chi connectivity index (χ2n) is 4.80. The van der Waals surface area contributed by atoms with Crippen LogP contribution in [-0.4, -0.2) is 12.1 Å². The normalized spacial score (nSPS) is 11.9. The Kier molecular flexibility index (Phi) is 4.68. The zero-order chi connectivity index (χ0) is 11.2. The zero-order valence-electron chi connectivity index (χ0n) is 9.65. The fourth-order valence-electron chi connectivity index (χ4n) is 1.04. The Labute approximate surface area is 87.7 Å². The van der Waals surface area contributed by atoms with Crippen molar-refractivity contribution in [3.05, 3.63) is 0 Å². The molecule has 0 aliphatic carbocycles. The average molecular weight is 192 g/mol. The van der Waals surface area contributed by atoms with Gasteiger partial charge in [0.15, 0.2) is 0 Å². The van der Waals surface area contributed by atoms with E-state index in [0.717, 1.165) is 19.4 Å². The monoisotopic (exact) mass is 192 g/mol. The summed E-state index contributed by atoms with van der Waals surface area (Å²) in [4.78, 5) is 0. The van der Waals surface area contributed by atoms with Crippen molar-refractivity contribution in [1.29, 1.82) is 5.26 Å². The number of nitriles is 1. The number of rotatable bonds is 5. The molecule has 0 spiro atoms. The predicted octanol–water partition coefficient (Wildman–Crippen LogP) is 2.32. The molecule has 0 aliphatic heterocycles. The molecule has 78 valence electrons. The van der Waals surface area contributed by atoms with Gasteiger partial charge in [0, 0.05) is 0 Å². The molecular weight excluding hydrogens is 172 g/mol. The summed E-state index contributed by atoms with van der Waals surface area (Å²) in [6.45, 7) is 8.73. The molecule has 0 amide bonds. The third-order valence-electron chi connectivity index (χ3n) is 2.21. The van der Waals surface area contributed by atoms with E-state index in [-0.39, 0.29) is 11.0 Å². The summed E-state index contributed by atoms with van der Waals surface area (Å²) in [7, 11) is 0. The highest BCUT2D eigenvalue weighted by molar-refractivity contribution is 5.07. The molecule has 2 nitrogen and oxygen atoms in total. The topological polar surface area (TPSA) is 35.8 Å². The van der Waals surface area contributed by atoms with Gasteiger partial charge in [-0.05, 0) is 47.1 Å². The zero-order valence-corrected chi connectivity index (χ0v) is 9.65. The lowest BCUT2D eigenvalue weighted by Gasteiger charge is -2.21. The standard InChI is InChI=1S/C12H20N2/c1-6-12(4,5)14-9-7-8-11(2,3)10-13/h1,14H,7-9H2,2-5H3. The van der Waals surface area contributed by atoms with Crippen molar-refractivity contribution in [2.45, 2.75) is 46.1 Å². The molecule has 0 bridgehead atoms. The van der Waals surface area contributed by atoms with Crippen LogP contribution in [0.25, 0.3) is 0 Å². The van der Waals surface area contributed by atoms with Gasteiger partial charge in [0.05, 0.1) is 17.0 Å². The van der Waals surface area contributed by atoms with E-state index in [1.54, 1.807) is 0 Å². The molecule has 0 atom stereocenters. The van der Waals surface area contributed by atoms with Crippen molar-refractivity contribution in [1.82, 2.24) is 5.32 Å². The van der Waals surface area contributed by atoms with Crippen molar-refractivity contribution in [2.24, 2.45) is 5.41 Å². The summed E-state index contributed by atoms with van der Waals surface area (Å²) in [5, 5.41) is 12.1.